The molecule has 2 N–H and O–H groups in total. The summed E-state index contributed by atoms with van der Waals surface area (Å²) < 4.78 is 0. The lowest BCUT2D eigenvalue weighted by atomic mass is 10.1. The van der Waals surface area contributed by atoms with Crippen LogP contribution in [0.2, 0.25) is 10.0 Å². The van der Waals surface area contributed by atoms with E-state index in [4.69, 9.17) is 23.2 Å². The van der Waals surface area contributed by atoms with Crippen molar-refractivity contribution in [1.82, 2.24) is 5.43 Å². The number of carbonyl (C=O) groups is 2. The summed E-state index contributed by atoms with van der Waals surface area (Å²) in [5.41, 5.74) is 3.24. The highest BCUT2D eigenvalue weighted by atomic mass is 35.5. The number of anilines is 1. The molecular weight excluding hydrogens is 373 g/mol. The molecule has 0 fully saturated rings. The van der Waals surface area contributed by atoms with Gasteiger partial charge in [-0.25, -0.2) is 5.43 Å². The van der Waals surface area contributed by atoms with Gasteiger partial charge in [0.15, 0.2) is 0 Å². The predicted octanol–water partition coefficient (Wildman–Crippen LogP) is 4.24. The van der Waals surface area contributed by atoms with E-state index >= 15 is 0 Å². The maximum absolute atomic E-state index is 12.0. The van der Waals surface area contributed by atoms with E-state index in [2.05, 4.69) is 15.8 Å². The third kappa shape index (κ3) is 4.39. The number of hydrogen-bond donors (Lipinski definition) is 2. The summed E-state index contributed by atoms with van der Waals surface area (Å²) in [6.45, 7) is 0. The summed E-state index contributed by atoms with van der Waals surface area (Å²) in [4.78, 5) is 23.8. The monoisotopic (exact) mass is 385 g/mol. The molecule has 5 nitrogen and oxygen atoms in total. The lowest BCUT2D eigenvalue weighted by Crippen LogP contribution is -2.32. The van der Waals surface area contributed by atoms with Gasteiger partial charge in [0.25, 0.3) is 0 Å². The van der Waals surface area contributed by atoms with E-state index in [0.717, 1.165) is 10.8 Å². The molecule has 7 heteroatoms. The van der Waals surface area contributed by atoms with Crippen LogP contribution in [0.5, 0.6) is 0 Å². The Morgan fingerprint density at radius 2 is 1.65 bits per heavy atom. The SMILES string of the molecule is O=C(NN=Cc1ccc(Cl)cc1Cl)C(=O)Nc1ccc2ccccc2c1. The summed E-state index contributed by atoms with van der Waals surface area (Å²) in [7, 11) is 0. The van der Waals surface area contributed by atoms with Gasteiger partial charge in [0, 0.05) is 16.3 Å². The largest absolute Gasteiger partial charge is 0.329 e. The first-order chi connectivity index (χ1) is 12.5. The number of fused-ring (bicyclic) bond motifs is 1. The second-order valence-electron chi connectivity index (χ2n) is 5.38. The Bertz CT molecular complexity index is 1020. The number of nitrogens with zero attached hydrogens (tertiary/aromatic N) is 1. The Labute approximate surface area is 159 Å². The molecule has 3 aromatic carbocycles. The van der Waals surface area contributed by atoms with E-state index in [1.165, 1.54) is 6.21 Å². The molecule has 0 aliphatic rings. The van der Waals surface area contributed by atoms with Crippen molar-refractivity contribution in [3.8, 4) is 0 Å². The van der Waals surface area contributed by atoms with Gasteiger partial charge in [0.1, 0.15) is 0 Å². The van der Waals surface area contributed by atoms with Gasteiger partial charge in [-0.15, -0.1) is 0 Å². The quantitative estimate of drug-likeness (QED) is 0.402. The van der Waals surface area contributed by atoms with Crippen molar-refractivity contribution in [1.29, 1.82) is 0 Å². The highest BCUT2D eigenvalue weighted by molar-refractivity contribution is 6.39. The third-order valence-corrected chi connectivity index (χ3v) is 4.11. The van der Waals surface area contributed by atoms with Gasteiger partial charge in [-0.3, -0.25) is 9.59 Å². The highest BCUT2D eigenvalue weighted by Gasteiger charge is 2.13. The van der Waals surface area contributed by atoms with Crippen molar-refractivity contribution in [2.45, 2.75) is 0 Å². The van der Waals surface area contributed by atoms with Crippen LogP contribution in [0.3, 0.4) is 0 Å². The summed E-state index contributed by atoms with van der Waals surface area (Å²) in [6, 6.07) is 17.9. The summed E-state index contributed by atoms with van der Waals surface area (Å²) in [5.74, 6) is -1.71. The van der Waals surface area contributed by atoms with Gasteiger partial charge in [-0.2, -0.15) is 5.10 Å². The maximum Gasteiger partial charge on any atom is 0.329 e. The first-order valence-corrected chi connectivity index (χ1v) is 8.37. The van der Waals surface area contributed by atoms with Crippen LogP contribution >= 0.6 is 23.2 Å². The van der Waals surface area contributed by atoms with Crippen molar-refractivity contribution in [3.63, 3.8) is 0 Å². The molecule has 3 aromatic rings. The van der Waals surface area contributed by atoms with Gasteiger partial charge >= 0.3 is 11.8 Å². The molecule has 3 rings (SSSR count). The molecule has 0 spiro atoms. The van der Waals surface area contributed by atoms with Crippen molar-refractivity contribution in [3.05, 3.63) is 76.3 Å². The highest BCUT2D eigenvalue weighted by Crippen LogP contribution is 2.20. The number of benzene rings is 3. The fourth-order valence-corrected chi connectivity index (χ4v) is 2.73. The molecule has 0 heterocycles. The van der Waals surface area contributed by atoms with Gasteiger partial charge < -0.3 is 5.32 Å². The number of hydrazone groups is 1. The number of nitrogens with one attached hydrogen (secondary N) is 2. The van der Waals surface area contributed by atoms with Crippen LogP contribution in [0.15, 0.2) is 65.8 Å². The zero-order valence-corrected chi connectivity index (χ0v) is 14.9. The number of halogens is 2. The van der Waals surface area contributed by atoms with Gasteiger partial charge in [0.05, 0.1) is 11.2 Å². The molecule has 0 aromatic heterocycles. The lowest BCUT2D eigenvalue weighted by Gasteiger charge is -2.05. The molecule has 0 bridgehead atoms. The molecule has 26 heavy (non-hydrogen) atoms. The molecular formula is C19H13Cl2N3O2. The van der Waals surface area contributed by atoms with Gasteiger partial charge in [0.2, 0.25) is 0 Å². The summed E-state index contributed by atoms with van der Waals surface area (Å²) in [6.07, 6.45) is 1.33. The Morgan fingerprint density at radius 3 is 2.42 bits per heavy atom. The van der Waals surface area contributed by atoms with Gasteiger partial charge in [-0.05, 0) is 35.0 Å². The number of amides is 2. The van der Waals surface area contributed by atoms with E-state index in [1.807, 2.05) is 30.3 Å². The van der Waals surface area contributed by atoms with Crippen molar-refractivity contribution < 1.29 is 9.59 Å². The minimum absolute atomic E-state index is 0.385. The van der Waals surface area contributed by atoms with Crippen LogP contribution in [-0.2, 0) is 9.59 Å². The molecule has 0 unspecified atom stereocenters. The number of rotatable bonds is 3. The summed E-state index contributed by atoms with van der Waals surface area (Å²) >= 11 is 11.8. The maximum atomic E-state index is 12.0. The van der Waals surface area contributed by atoms with Crippen LogP contribution in [0.4, 0.5) is 5.69 Å². The van der Waals surface area contributed by atoms with Crippen LogP contribution in [0, 0.1) is 0 Å². The van der Waals surface area contributed by atoms with Crippen molar-refractivity contribution in [2.75, 3.05) is 5.32 Å². The van der Waals surface area contributed by atoms with E-state index in [0.29, 0.717) is 21.3 Å². The Balaban J connectivity index is 1.62. The third-order valence-electron chi connectivity index (χ3n) is 3.55. The van der Waals surface area contributed by atoms with Crippen molar-refractivity contribution >= 4 is 57.7 Å². The molecule has 0 saturated heterocycles. The predicted molar refractivity (Wildman–Crippen MR) is 105 cm³/mol. The summed E-state index contributed by atoms with van der Waals surface area (Å²) in [5, 5.41) is 9.14. The Kier molecular flexibility index (Phi) is 5.51. The molecule has 0 aliphatic carbocycles. The zero-order chi connectivity index (χ0) is 18.5. The van der Waals surface area contributed by atoms with E-state index in [9.17, 15) is 9.59 Å². The van der Waals surface area contributed by atoms with Crippen LogP contribution in [0.25, 0.3) is 10.8 Å². The molecule has 0 aliphatic heterocycles. The molecule has 0 atom stereocenters. The molecule has 0 saturated carbocycles. The molecule has 130 valence electrons. The molecule has 0 radical (unpaired) electrons. The first kappa shape index (κ1) is 17.9. The van der Waals surface area contributed by atoms with Crippen LogP contribution in [0.1, 0.15) is 5.56 Å². The second-order valence-corrected chi connectivity index (χ2v) is 6.22. The Hall–Kier alpha value is -2.89. The second kappa shape index (κ2) is 7.99. The van der Waals surface area contributed by atoms with Crippen LogP contribution in [-0.4, -0.2) is 18.0 Å². The van der Waals surface area contributed by atoms with E-state index in [-0.39, 0.29) is 0 Å². The lowest BCUT2D eigenvalue weighted by molar-refractivity contribution is -0.136. The van der Waals surface area contributed by atoms with Crippen molar-refractivity contribution in [2.24, 2.45) is 5.10 Å². The number of carbonyl (C=O) groups excluding carboxylic acids is 2. The zero-order valence-electron chi connectivity index (χ0n) is 13.4. The van der Waals surface area contributed by atoms with E-state index < -0.39 is 11.8 Å². The average Bonchev–Trinajstić information content (AvgIpc) is 2.63. The topological polar surface area (TPSA) is 70.6 Å². The van der Waals surface area contributed by atoms with Gasteiger partial charge in [-0.1, -0.05) is 59.6 Å². The fourth-order valence-electron chi connectivity index (χ4n) is 2.27. The fraction of sp³-hybridized carbons (Fsp3) is 0. The minimum Gasteiger partial charge on any atom is -0.318 e. The standard InChI is InChI=1S/C19H13Cl2N3O2/c20-15-7-5-14(17(21)10-15)11-22-24-19(26)18(25)23-16-8-6-12-3-1-2-4-13(12)9-16/h1-11H,(H,23,25)(H,24,26). The van der Waals surface area contributed by atoms with E-state index in [1.54, 1.807) is 30.3 Å². The smallest absolute Gasteiger partial charge is 0.318 e. The average molecular weight is 386 g/mol. The first-order valence-electron chi connectivity index (χ1n) is 7.61. The Morgan fingerprint density at radius 1 is 0.885 bits per heavy atom. The molecule has 2 amide bonds. The van der Waals surface area contributed by atoms with Crippen LogP contribution < -0.4 is 10.7 Å². The normalized spacial score (nSPS) is 10.8. The number of hydrogen-bond acceptors (Lipinski definition) is 3. The minimum atomic E-state index is -0.889.